The first-order chi connectivity index (χ1) is 22.6. The van der Waals surface area contributed by atoms with Gasteiger partial charge in [0.15, 0.2) is 17.9 Å². The second-order valence-corrected chi connectivity index (χ2v) is 10.6. The molecule has 0 spiro atoms. The Labute approximate surface area is 267 Å². The smallest absolute Gasteiger partial charge is 0.429 e. The van der Waals surface area contributed by atoms with E-state index in [2.05, 4.69) is 9.47 Å². The monoisotopic (exact) mass is 686 g/mol. The SMILES string of the molecule is CC/C=C/C1COC(c2ccc(-c3cc(F)c(C(F)(F)Oc4ccc(-c5ccc(OC(F)(F)F)c(F)c5)c(F)c4)c(F)c3)c(F)c2)OC1. The number of rotatable bonds is 9. The molecule has 0 radical (unpaired) electrons. The van der Waals surface area contributed by atoms with Gasteiger partial charge in [0.1, 0.15) is 34.6 Å². The Morgan fingerprint density at radius 1 is 0.688 bits per heavy atom. The van der Waals surface area contributed by atoms with Crippen molar-refractivity contribution in [3.63, 3.8) is 0 Å². The Morgan fingerprint density at radius 3 is 1.88 bits per heavy atom. The summed E-state index contributed by atoms with van der Waals surface area (Å²) >= 11 is 0. The van der Waals surface area contributed by atoms with Gasteiger partial charge in [0.05, 0.1) is 13.2 Å². The number of halogens is 10. The molecule has 0 aromatic heterocycles. The van der Waals surface area contributed by atoms with Gasteiger partial charge in [-0.3, -0.25) is 0 Å². The second-order valence-electron chi connectivity index (χ2n) is 10.6. The highest BCUT2D eigenvalue weighted by Crippen LogP contribution is 2.39. The van der Waals surface area contributed by atoms with Crippen LogP contribution in [0.15, 0.2) is 78.9 Å². The zero-order valence-electron chi connectivity index (χ0n) is 24.7. The van der Waals surface area contributed by atoms with Gasteiger partial charge >= 0.3 is 12.5 Å². The number of alkyl halides is 5. The number of benzene rings is 4. The summed E-state index contributed by atoms with van der Waals surface area (Å²) < 4.78 is 160. The van der Waals surface area contributed by atoms with Crippen LogP contribution in [-0.4, -0.2) is 19.6 Å². The van der Waals surface area contributed by atoms with E-state index in [9.17, 15) is 22.0 Å². The van der Waals surface area contributed by atoms with Crippen LogP contribution < -0.4 is 9.47 Å². The van der Waals surface area contributed by atoms with Gasteiger partial charge in [-0.25, -0.2) is 22.0 Å². The topological polar surface area (TPSA) is 36.9 Å². The quantitative estimate of drug-likeness (QED) is 0.130. The fourth-order valence-corrected chi connectivity index (χ4v) is 4.94. The van der Waals surface area contributed by atoms with Gasteiger partial charge in [0.2, 0.25) is 0 Å². The largest absolute Gasteiger partial charge is 0.573 e. The Morgan fingerprint density at radius 2 is 1.29 bits per heavy atom. The average Bonchev–Trinajstić information content (AvgIpc) is 3.00. The summed E-state index contributed by atoms with van der Waals surface area (Å²) in [6.45, 7) is 2.63. The zero-order chi connectivity index (χ0) is 34.8. The van der Waals surface area contributed by atoms with Crippen LogP contribution in [-0.2, 0) is 15.6 Å². The van der Waals surface area contributed by atoms with Gasteiger partial charge in [0.25, 0.3) is 0 Å². The van der Waals surface area contributed by atoms with E-state index < -0.39 is 76.0 Å². The molecular weight excluding hydrogens is 662 g/mol. The third-order valence-electron chi connectivity index (χ3n) is 7.13. The lowest BCUT2D eigenvalue weighted by Gasteiger charge is -2.28. The summed E-state index contributed by atoms with van der Waals surface area (Å²) in [7, 11) is 0. The standard InChI is InChI=1S/C34H24F10O4/c1-2-3-4-18-16-45-32(46-17-18)20-5-8-24(25(35)12-20)21-13-28(38)31(29(39)14-21)33(40,41)47-22-7-9-23(26(36)15-22)19-6-10-30(27(37)11-19)48-34(42,43)44/h3-15,18,32H,2,16-17H2,1H3/b4-3+. The number of allylic oxidation sites excluding steroid dienone is 1. The lowest BCUT2D eigenvalue weighted by Crippen LogP contribution is -2.26. The van der Waals surface area contributed by atoms with E-state index in [0.717, 1.165) is 30.7 Å². The third-order valence-corrected chi connectivity index (χ3v) is 7.13. The molecule has 0 atom stereocenters. The summed E-state index contributed by atoms with van der Waals surface area (Å²) in [6.07, 6.45) is -6.02. The molecule has 48 heavy (non-hydrogen) atoms. The lowest BCUT2D eigenvalue weighted by atomic mass is 10.00. The molecule has 0 bridgehead atoms. The molecule has 0 N–H and O–H groups in total. The highest BCUT2D eigenvalue weighted by molar-refractivity contribution is 5.67. The van der Waals surface area contributed by atoms with Crippen molar-refractivity contribution in [3.8, 4) is 33.8 Å². The van der Waals surface area contributed by atoms with Gasteiger partial charge in [-0.2, -0.15) is 8.78 Å². The molecule has 4 nitrogen and oxygen atoms in total. The van der Waals surface area contributed by atoms with E-state index >= 15 is 22.0 Å². The number of hydrogen-bond donors (Lipinski definition) is 0. The molecule has 5 rings (SSSR count). The first-order valence-electron chi connectivity index (χ1n) is 14.3. The van der Waals surface area contributed by atoms with Crippen molar-refractivity contribution >= 4 is 0 Å². The Hall–Kier alpha value is -4.56. The van der Waals surface area contributed by atoms with E-state index in [0.29, 0.717) is 49.1 Å². The van der Waals surface area contributed by atoms with E-state index in [1.165, 1.54) is 12.1 Å². The highest BCUT2D eigenvalue weighted by atomic mass is 19.4. The van der Waals surface area contributed by atoms with Crippen molar-refractivity contribution in [2.45, 2.75) is 32.1 Å². The maximum atomic E-state index is 15.1. The summed E-state index contributed by atoms with van der Waals surface area (Å²) in [5.41, 5.74) is -2.96. The van der Waals surface area contributed by atoms with Crippen LogP contribution in [0.1, 0.15) is 30.8 Å². The van der Waals surface area contributed by atoms with Crippen molar-refractivity contribution in [1.29, 1.82) is 0 Å². The summed E-state index contributed by atoms with van der Waals surface area (Å²) in [5.74, 6) is -9.34. The first kappa shape index (κ1) is 34.8. The number of ether oxygens (including phenoxy) is 4. The van der Waals surface area contributed by atoms with Gasteiger partial charge in [0, 0.05) is 28.7 Å². The Balaban J connectivity index is 1.32. The maximum absolute atomic E-state index is 15.1. The molecule has 1 saturated heterocycles. The normalized spacial score (nSPS) is 17.1. The molecule has 0 unspecified atom stereocenters. The molecule has 1 aliphatic heterocycles. The molecular formula is C34H24F10O4. The van der Waals surface area contributed by atoms with E-state index in [4.69, 9.17) is 9.47 Å². The highest BCUT2D eigenvalue weighted by Gasteiger charge is 2.41. The van der Waals surface area contributed by atoms with Crippen LogP contribution in [0.3, 0.4) is 0 Å². The first-order valence-corrected chi connectivity index (χ1v) is 14.3. The van der Waals surface area contributed by atoms with Crippen LogP contribution in [0, 0.1) is 35.0 Å². The fourth-order valence-electron chi connectivity index (χ4n) is 4.94. The van der Waals surface area contributed by atoms with E-state index in [-0.39, 0.29) is 17.0 Å². The molecule has 14 heteroatoms. The van der Waals surface area contributed by atoms with Crippen molar-refractivity contribution in [2.24, 2.45) is 5.92 Å². The predicted octanol–water partition coefficient (Wildman–Crippen LogP) is 10.4. The third kappa shape index (κ3) is 7.93. The van der Waals surface area contributed by atoms with E-state index in [1.54, 1.807) is 0 Å². The van der Waals surface area contributed by atoms with Crippen molar-refractivity contribution in [1.82, 2.24) is 0 Å². The van der Waals surface area contributed by atoms with Crippen molar-refractivity contribution in [2.75, 3.05) is 13.2 Å². The summed E-state index contributed by atoms with van der Waals surface area (Å²) in [4.78, 5) is 0. The van der Waals surface area contributed by atoms with Crippen LogP contribution in [0.5, 0.6) is 11.5 Å². The maximum Gasteiger partial charge on any atom is 0.573 e. The van der Waals surface area contributed by atoms with Crippen LogP contribution in [0.2, 0.25) is 0 Å². The Kier molecular flexibility index (Phi) is 10.1. The Bertz CT molecular complexity index is 1790. The molecule has 0 amide bonds. The van der Waals surface area contributed by atoms with Crippen LogP contribution >= 0.6 is 0 Å². The fraction of sp³-hybridized carbons (Fsp3) is 0.235. The van der Waals surface area contributed by atoms with Gasteiger partial charge in [-0.1, -0.05) is 37.3 Å². The average molecular weight is 687 g/mol. The van der Waals surface area contributed by atoms with Crippen molar-refractivity contribution in [3.05, 3.63) is 119 Å². The minimum Gasteiger partial charge on any atom is -0.429 e. The molecule has 4 aromatic rings. The van der Waals surface area contributed by atoms with Gasteiger partial charge in [-0.15, -0.1) is 13.2 Å². The van der Waals surface area contributed by atoms with Gasteiger partial charge in [-0.05, 0) is 60.0 Å². The molecule has 4 aromatic carbocycles. The second kappa shape index (κ2) is 13.9. The molecule has 1 fully saturated rings. The molecule has 0 aliphatic carbocycles. The number of hydrogen-bond acceptors (Lipinski definition) is 4. The predicted molar refractivity (Wildman–Crippen MR) is 152 cm³/mol. The minimum absolute atomic E-state index is 0.0254. The lowest BCUT2D eigenvalue weighted by molar-refractivity contribution is -0.275. The molecule has 1 aliphatic rings. The van der Waals surface area contributed by atoms with Crippen molar-refractivity contribution < 1.29 is 62.9 Å². The van der Waals surface area contributed by atoms with Crippen LogP contribution in [0.4, 0.5) is 43.9 Å². The zero-order valence-corrected chi connectivity index (χ0v) is 24.7. The summed E-state index contributed by atoms with van der Waals surface area (Å²) in [6, 6.07) is 8.63. The summed E-state index contributed by atoms with van der Waals surface area (Å²) in [5, 5.41) is 0. The van der Waals surface area contributed by atoms with Gasteiger partial charge < -0.3 is 18.9 Å². The molecule has 254 valence electrons. The van der Waals surface area contributed by atoms with Crippen LogP contribution in [0.25, 0.3) is 22.3 Å². The molecule has 1 heterocycles. The van der Waals surface area contributed by atoms with E-state index in [1.807, 2.05) is 19.1 Å². The molecule has 0 saturated carbocycles. The minimum atomic E-state index is -5.19.